The summed E-state index contributed by atoms with van der Waals surface area (Å²) < 4.78 is 82.7. The fourth-order valence-electron chi connectivity index (χ4n) is 2.81. The Kier molecular flexibility index (Phi) is 5.03. The first-order valence-electron chi connectivity index (χ1n) is 8.19. The maximum absolute atomic E-state index is 13.8. The number of hydrogen-bond acceptors (Lipinski definition) is 4. The van der Waals surface area contributed by atoms with Crippen LogP contribution in [0.3, 0.4) is 0 Å². The summed E-state index contributed by atoms with van der Waals surface area (Å²) in [6.45, 7) is 3.30. The van der Waals surface area contributed by atoms with Gasteiger partial charge in [-0.2, -0.15) is 26.3 Å². The van der Waals surface area contributed by atoms with E-state index in [1.165, 1.54) is 41.3 Å². The molecule has 3 rings (SSSR count). The van der Waals surface area contributed by atoms with Gasteiger partial charge in [-0.1, -0.05) is 36.4 Å². The molecule has 1 aromatic heterocycles. The molecule has 0 unspecified atom stereocenters. The summed E-state index contributed by atoms with van der Waals surface area (Å²) in [5, 5.41) is 1.56. The van der Waals surface area contributed by atoms with Gasteiger partial charge in [0.1, 0.15) is 11.7 Å². The van der Waals surface area contributed by atoms with E-state index >= 15 is 0 Å². The standard InChI is InChI=1S/C18H15F6N3S/c1-11(2)27-14(12-7-4-3-5-8-12)25-16(17(19,20)21,18(22,23)24)26-15(27)13-9-6-10-28-13/h3-11H,1-2H3. The molecule has 2 heterocycles. The summed E-state index contributed by atoms with van der Waals surface area (Å²) in [7, 11) is 0. The molecule has 3 nitrogen and oxygen atoms in total. The van der Waals surface area contributed by atoms with Crippen molar-refractivity contribution < 1.29 is 26.3 Å². The molecular formula is C18H15F6N3S. The molecule has 0 spiro atoms. The molecule has 10 heteroatoms. The molecular weight excluding hydrogens is 404 g/mol. The van der Waals surface area contributed by atoms with Crippen LogP contribution in [0.5, 0.6) is 0 Å². The Morgan fingerprint density at radius 3 is 1.89 bits per heavy atom. The molecule has 0 saturated carbocycles. The zero-order valence-corrected chi connectivity index (χ0v) is 15.5. The van der Waals surface area contributed by atoms with Crippen LogP contribution in [-0.2, 0) is 0 Å². The summed E-state index contributed by atoms with van der Waals surface area (Å²) >= 11 is 1.01. The number of thiophene rings is 1. The monoisotopic (exact) mass is 419 g/mol. The molecule has 0 amide bonds. The van der Waals surface area contributed by atoms with Crippen molar-refractivity contribution >= 4 is 23.0 Å². The second-order valence-electron chi connectivity index (χ2n) is 6.35. The van der Waals surface area contributed by atoms with Gasteiger partial charge in [0.05, 0.1) is 4.88 Å². The zero-order valence-electron chi connectivity index (χ0n) is 14.7. The molecule has 2 aromatic rings. The Morgan fingerprint density at radius 1 is 0.857 bits per heavy atom. The quantitative estimate of drug-likeness (QED) is 0.605. The Morgan fingerprint density at radius 2 is 1.43 bits per heavy atom. The Balaban J connectivity index is 2.38. The fraction of sp³-hybridized carbons (Fsp3) is 0.333. The summed E-state index contributed by atoms with van der Waals surface area (Å²) in [5.74, 6) is -0.836. The number of aliphatic imine (C=N–C) groups is 2. The first-order valence-corrected chi connectivity index (χ1v) is 9.07. The molecule has 0 radical (unpaired) electrons. The van der Waals surface area contributed by atoms with E-state index in [4.69, 9.17) is 0 Å². The first kappa shape index (κ1) is 20.4. The van der Waals surface area contributed by atoms with Crippen LogP contribution in [0.1, 0.15) is 24.3 Å². The van der Waals surface area contributed by atoms with Crippen molar-refractivity contribution in [3.63, 3.8) is 0 Å². The largest absolute Gasteiger partial charge is 0.443 e. The molecule has 1 aliphatic rings. The first-order chi connectivity index (χ1) is 13.0. The average molecular weight is 419 g/mol. The van der Waals surface area contributed by atoms with Crippen molar-refractivity contribution in [1.82, 2.24) is 4.90 Å². The molecule has 0 N–H and O–H groups in total. The van der Waals surface area contributed by atoms with E-state index in [0.29, 0.717) is 0 Å². The number of alkyl halides is 6. The minimum Gasteiger partial charge on any atom is -0.307 e. The minimum atomic E-state index is -5.77. The van der Waals surface area contributed by atoms with E-state index in [2.05, 4.69) is 9.98 Å². The summed E-state index contributed by atoms with van der Waals surface area (Å²) in [5.41, 5.74) is -4.44. The highest BCUT2D eigenvalue weighted by Crippen LogP contribution is 2.49. The highest BCUT2D eigenvalue weighted by Gasteiger charge is 2.74. The fourth-order valence-corrected chi connectivity index (χ4v) is 3.52. The third-order valence-electron chi connectivity index (χ3n) is 4.07. The van der Waals surface area contributed by atoms with Crippen molar-refractivity contribution in [1.29, 1.82) is 0 Å². The smallest absolute Gasteiger partial charge is 0.307 e. The number of hydrogen-bond donors (Lipinski definition) is 0. The third-order valence-corrected chi connectivity index (χ3v) is 4.94. The molecule has 1 aromatic carbocycles. The van der Waals surface area contributed by atoms with Gasteiger partial charge in [-0.05, 0) is 25.3 Å². The van der Waals surface area contributed by atoms with E-state index in [9.17, 15) is 26.3 Å². The number of halogens is 6. The lowest BCUT2D eigenvalue weighted by Gasteiger charge is -2.41. The molecule has 150 valence electrons. The Hall–Kier alpha value is -2.36. The predicted molar refractivity (Wildman–Crippen MR) is 95.7 cm³/mol. The Labute approximate surface area is 161 Å². The van der Waals surface area contributed by atoms with E-state index in [0.717, 1.165) is 11.3 Å². The SMILES string of the molecule is CC(C)N1C(c2ccccc2)=NC(C(F)(F)F)(C(F)(F)F)N=C1c1cccs1. The van der Waals surface area contributed by atoms with Gasteiger partial charge in [0.15, 0.2) is 0 Å². The van der Waals surface area contributed by atoms with Crippen LogP contribution in [0.2, 0.25) is 0 Å². The summed E-state index contributed by atoms with van der Waals surface area (Å²) in [6.07, 6.45) is -11.5. The third kappa shape index (κ3) is 3.30. The maximum atomic E-state index is 13.8. The minimum absolute atomic E-state index is 0.137. The van der Waals surface area contributed by atoms with Gasteiger partial charge in [0, 0.05) is 11.6 Å². The normalized spacial score (nSPS) is 17.5. The van der Waals surface area contributed by atoms with Crippen LogP contribution in [0.4, 0.5) is 26.3 Å². The van der Waals surface area contributed by atoms with Crippen molar-refractivity contribution in [3.05, 3.63) is 58.3 Å². The lowest BCUT2D eigenvalue weighted by molar-refractivity contribution is -0.293. The number of amidine groups is 2. The average Bonchev–Trinajstić information content (AvgIpc) is 3.13. The van der Waals surface area contributed by atoms with Gasteiger partial charge in [0.25, 0.3) is 0 Å². The maximum Gasteiger partial charge on any atom is 0.443 e. The van der Waals surface area contributed by atoms with Gasteiger partial charge < -0.3 is 4.90 Å². The molecule has 0 bridgehead atoms. The second-order valence-corrected chi connectivity index (χ2v) is 7.29. The van der Waals surface area contributed by atoms with E-state index in [1.807, 2.05) is 0 Å². The van der Waals surface area contributed by atoms with Crippen LogP contribution in [0, 0.1) is 0 Å². The topological polar surface area (TPSA) is 28.0 Å². The molecule has 0 aliphatic carbocycles. The van der Waals surface area contributed by atoms with E-state index < -0.39 is 35.7 Å². The summed E-state index contributed by atoms with van der Waals surface area (Å²) in [4.78, 5) is 7.88. The predicted octanol–water partition coefficient (Wildman–Crippen LogP) is 5.49. The number of nitrogens with zero attached hydrogens (tertiary/aromatic N) is 3. The van der Waals surface area contributed by atoms with Crippen LogP contribution in [0.15, 0.2) is 57.8 Å². The van der Waals surface area contributed by atoms with Gasteiger partial charge in [-0.3, -0.25) is 0 Å². The van der Waals surface area contributed by atoms with Crippen molar-refractivity contribution in [3.8, 4) is 0 Å². The van der Waals surface area contributed by atoms with Gasteiger partial charge >= 0.3 is 18.0 Å². The molecule has 1 aliphatic heterocycles. The Bertz CT molecular complexity index is 868. The van der Waals surface area contributed by atoms with E-state index in [-0.39, 0.29) is 10.4 Å². The van der Waals surface area contributed by atoms with Crippen molar-refractivity contribution in [2.75, 3.05) is 0 Å². The van der Waals surface area contributed by atoms with Crippen LogP contribution in [0.25, 0.3) is 0 Å². The zero-order chi connectivity index (χ0) is 20.7. The molecule has 0 fully saturated rings. The van der Waals surface area contributed by atoms with Crippen molar-refractivity contribution in [2.45, 2.75) is 37.9 Å². The van der Waals surface area contributed by atoms with Crippen LogP contribution >= 0.6 is 11.3 Å². The van der Waals surface area contributed by atoms with Gasteiger partial charge in [-0.15, -0.1) is 11.3 Å². The lowest BCUT2D eigenvalue weighted by atomic mass is 10.1. The molecule has 0 saturated heterocycles. The second kappa shape index (κ2) is 6.91. The van der Waals surface area contributed by atoms with Crippen LogP contribution in [-0.4, -0.2) is 40.6 Å². The highest BCUT2D eigenvalue weighted by molar-refractivity contribution is 7.12. The lowest BCUT2D eigenvalue weighted by Crippen LogP contribution is -2.60. The van der Waals surface area contributed by atoms with Gasteiger partial charge in [-0.25, -0.2) is 9.98 Å². The summed E-state index contributed by atoms with van der Waals surface area (Å²) in [6, 6.07) is 9.99. The molecule has 0 atom stereocenters. The number of benzene rings is 1. The van der Waals surface area contributed by atoms with E-state index in [1.54, 1.807) is 25.3 Å². The molecule has 28 heavy (non-hydrogen) atoms. The van der Waals surface area contributed by atoms with Gasteiger partial charge in [0.2, 0.25) is 0 Å². The highest BCUT2D eigenvalue weighted by atomic mass is 32.1. The number of rotatable bonds is 3. The van der Waals surface area contributed by atoms with Crippen LogP contribution < -0.4 is 0 Å². The van der Waals surface area contributed by atoms with Crippen molar-refractivity contribution in [2.24, 2.45) is 9.98 Å².